The molecule has 0 N–H and O–H groups in total. The number of rotatable bonds is 3. The standard InChI is InChI=1S/C9H9ClO4/c1-3-14-9(13)4(2)5-6(10)8(12)7(5)11/h4H,3H2,1-2H3. The highest BCUT2D eigenvalue weighted by Crippen LogP contribution is 2.20. The van der Waals surface area contributed by atoms with Gasteiger partial charge in [-0.15, -0.1) is 0 Å². The van der Waals surface area contributed by atoms with Gasteiger partial charge in [-0.2, -0.15) is 0 Å². The minimum atomic E-state index is -0.757. The van der Waals surface area contributed by atoms with Gasteiger partial charge < -0.3 is 4.74 Å². The van der Waals surface area contributed by atoms with Gasteiger partial charge in [0, 0.05) is 5.56 Å². The van der Waals surface area contributed by atoms with Crippen LogP contribution in [0, 0.1) is 0 Å². The van der Waals surface area contributed by atoms with E-state index in [-0.39, 0.29) is 17.2 Å². The normalized spacial score (nSPS) is 12.8. The van der Waals surface area contributed by atoms with E-state index in [0.717, 1.165) is 0 Å². The molecule has 1 aromatic rings. The van der Waals surface area contributed by atoms with Crippen molar-refractivity contribution in [2.24, 2.45) is 0 Å². The summed E-state index contributed by atoms with van der Waals surface area (Å²) in [5.41, 5.74) is -1.34. The number of hydrogen-bond acceptors (Lipinski definition) is 4. The summed E-state index contributed by atoms with van der Waals surface area (Å²) in [5.74, 6) is -1.30. The summed E-state index contributed by atoms with van der Waals surface area (Å²) in [6.07, 6.45) is 0. The van der Waals surface area contributed by atoms with Gasteiger partial charge in [-0.05, 0) is 13.8 Å². The Labute approximate surface area is 85.1 Å². The van der Waals surface area contributed by atoms with Crippen molar-refractivity contribution in [3.8, 4) is 0 Å². The fraction of sp³-hybridized carbons (Fsp3) is 0.444. The Kier molecular flexibility index (Phi) is 3.06. The van der Waals surface area contributed by atoms with Gasteiger partial charge in [-0.25, -0.2) is 0 Å². The van der Waals surface area contributed by atoms with Crippen molar-refractivity contribution in [3.05, 3.63) is 31.0 Å². The molecular weight excluding hydrogens is 208 g/mol. The van der Waals surface area contributed by atoms with E-state index in [1.165, 1.54) is 6.92 Å². The lowest BCUT2D eigenvalue weighted by Crippen LogP contribution is -2.38. The van der Waals surface area contributed by atoms with Crippen LogP contribution in [0.4, 0.5) is 0 Å². The van der Waals surface area contributed by atoms with Crippen LogP contribution >= 0.6 is 11.6 Å². The first-order valence-corrected chi connectivity index (χ1v) is 4.53. The second-order valence-electron chi connectivity index (χ2n) is 2.86. The quantitative estimate of drug-likeness (QED) is 0.549. The van der Waals surface area contributed by atoms with E-state index in [1.807, 2.05) is 0 Å². The van der Waals surface area contributed by atoms with E-state index < -0.39 is 22.7 Å². The maximum atomic E-state index is 11.2. The number of hydrogen-bond donors (Lipinski definition) is 0. The van der Waals surface area contributed by atoms with Crippen LogP contribution in [0.3, 0.4) is 0 Å². The lowest BCUT2D eigenvalue weighted by Gasteiger charge is -2.12. The van der Waals surface area contributed by atoms with Gasteiger partial charge in [0.25, 0.3) is 0 Å². The molecule has 0 radical (unpaired) electrons. The summed E-state index contributed by atoms with van der Waals surface area (Å²) in [4.78, 5) is 33.0. The Hall–Kier alpha value is -1.16. The molecule has 1 unspecified atom stereocenters. The predicted octanol–water partition coefficient (Wildman–Crippen LogP) is 0.603. The molecule has 5 heteroatoms. The van der Waals surface area contributed by atoms with Gasteiger partial charge in [0.2, 0.25) is 10.9 Å². The molecule has 0 aliphatic heterocycles. The second-order valence-corrected chi connectivity index (χ2v) is 3.24. The summed E-state index contributed by atoms with van der Waals surface area (Å²) < 4.78 is 4.70. The van der Waals surface area contributed by atoms with E-state index in [4.69, 9.17) is 16.3 Å². The maximum absolute atomic E-state index is 11.2. The van der Waals surface area contributed by atoms with Gasteiger partial charge in [0.15, 0.2) is 0 Å². The van der Waals surface area contributed by atoms with Crippen molar-refractivity contribution in [3.63, 3.8) is 0 Å². The van der Waals surface area contributed by atoms with Crippen LogP contribution in [0.2, 0.25) is 5.02 Å². The van der Waals surface area contributed by atoms with Crippen LogP contribution < -0.4 is 10.9 Å². The highest BCUT2D eigenvalue weighted by Gasteiger charge is 2.29. The molecule has 0 aliphatic rings. The zero-order valence-electron chi connectivity index (χ0n) is 7.80. The number of halogens is 1. The molecule has 76 valence electrons. The lowest BCUT2D eigenvalue weighted by atomic mass is 9.97. The smallest absolute Gasteiger partial charge is 0.313 e. The monoisotopic (exact) mass is 216 g/mol. The Bertz CT molecular complexity index is 428. The zero-order valence-corrected chi connectivity index (χ0v) is 8.55. The van der Waals surface area contributed by atoms with Crippen molar-refractivity contribution < 1.29 is 9.53 Å². The molecule has 0 spiro atoms. The van der Waals surface area contributed by atoms with Crippen LogP contribution in [-0.4, -0.2) is 12.6 Å². The van der Waals surface area contributed by atoms with Crippen LogP contribution in [-0.2, 0) is 9.53 Å². The lowest BCUT2D eigenvalue weighted by molar-refractivity contribution is -0.144. The molecule has 14 heavy (non-hydrogen) atoms. The summed E-state index contributed by atoms with van der Waals surface area (Å²) in [6.45, 7) is 3.38. The molecule has 0 amide bonds. The molecule has 0 heterocycles. The fourth-order valence-corrected chi connectivity index (χ4v) is 1.49. The van der Waals surface area contributed by atoms with E-state index >= 15 is 0 Å². The Morgan fingerprint density at radius 1 is 1.43 bits per heavy atom. The minimum absolute atomic E-state index is 0.0649. The average molecular weight is 217 g/mol. The molecule has 0 saturated heterocycles. The molecule has 0 fully saturated rings. The van der Waals surface area contributed by atoms with Crippen molar-refractivity contribution in [1.82, 2.24) is 0 Å². The highest BCUT2D eigenvalue weighted by molar-refractivity contribution is 6.32. The SMILES string of the molecule is CCOC(=O)C(C)c1c(Cl)c(=O)c1=O. The van der Waals surface area contributed by atoms with Gasteiger partial charge in [-0.3, -0.25) is 14.4 Å². The topological polar surface area (TPSA) is 60.4 Å². The summed E-state index contributed by atoms with van der Waals surface area (Å²) in [7, 11) is 0. The van der Waals surface area contributed by atoms with E-state index in [1.54, 1.807) is 6.92 Å². The van der Waals surface area contributed by atoms with Crippen molar-refractivity contribution in [2.75, 3.05) is 6.61 Å². The van der Waals surface area contributed by atoms with Gasteiger partial charge in [0.05, 0.1) is 12.5 Å². The first-order chi connectivity index (χ1) is 6.50. The van der Waals surface area contributed by atoms with Crippen molar-refractivity contribution in [1.29, 1.82) is 0 Å². The van der Waals surface area contributed by atoms with Crippen LogP contribution in [0.5, 0.6) is 0 Å². The summed E-state index contributed by atoms with van der Waals surface area (Å²) in [6, 6.07) is 0. The van der Waals surface area contributed by atoms with E-state index in [2.05, 4.69) is 0 Å². The van der Waals surface area contributed by atoms with Gasteiger partial charge in [0.1, 0.15) is 5.02 Å². The third kappa shape index (κ3) is 1.57. The number of carbonyl (C=O) groups is 1. The summed E-state index contributed by atoms with van der Waals surface area (Å²) in [5, 5.41) is -0.143. The van der Waals surface area contributed by atoms with E-state index in [9.17, 15) is 14.4 Å². The largest absolute Gasteiger partial charge is 0.466 e. The third-order valence-corrected chi connectivity index (χ3v) is 2.34. The average Bonchev–Trinajstić information content (AvgIpc) is 2.17. The predicted molar refractivity (Wildman–Crippen MR) is 51.4 cm³/mol. The Balaban J connectivity index is 2.92. The maximum Gasteiger partial charge on any atom is 0.313 e. The Morgan fingerprint density at radius 2 is 2.00 bits per heavy atom. The number of ether oxygens (including phenoxy) is 1. The number of esters is 1. The van der Waals surface area contributed by atoms with Crippen LogP contribution in [0.25, 0.3) is 0 Å². The van der Waals surface area contributed by atoms with Crippen molar-refractivity contribution >= 4 is 17.6 Å². The van der Waals surface area contributed by atoms with Gasteiger partial charge in [-0.1, -0.05) is 11.6 Å². The molecule has 4 nitrogen and oxygen atoms in total. The minimum Gasteiger partial charge on any atom is -0.466 e. The van der Waals surface area contributed by atoms with Crippen LogP contribution in [0.1, 0.15) is 25.3 Å². The Morgan fingerprint density at radius 3 is 2.43 bits per heavy atom. The first-order valence-electron chi connectivity index (χ1n) is 4.16. The molecule has 1 rings (SSSR count). The zero-order chi connectivity index (χ0) is 10.9. The van der Waals surface area contributed by atoms with Crippen LogP contribution in [0.15, 0.2) is 9.59 Å². The molecular formula is C9H9ClO4. The molecule has 1 atom stereocenters. The fourth-order valence-electron chi connectivity index (χ4n) is 1.15. The molecule has 0 aliphatic carbocycles. The first kappa shape index (κ1) is 10.9. The van der Waals surface area contributed by atoms with Crippen molar-refractivity contribution in [2.45, 2.75) is 19.8 Å². The van der Waals surface area contributed by atoms with E-state index in [0.29, 0.717) is 0 Å². The third-order valence-electron chi connectivity index (χ3n) is 1.96. The molecule has 0 aromatic heterocycles. The van der Waals surface area contributed by atoms with Gasteiger partial charge >= 0.3 is 5.97 Å². The highest BCUT2D eigenvalue weighted by atomic mass is 35.5. The second kappa shape index (κ2) is 3.92. The molecule has 0 bridgehead atoms. The number of carbonyl (C=O) groups excluding carboxylic acids is 1. The molecule has 1 aromatic carbocycles. The summed E-state index contributed by atoms with van der Waals surface area (Å²) >= 11 is 5.50. The molecule has 0 saturated carbocycles.